The Hall–Kier alpha value is -1.47. The van der Waals surface area contributed by atoms with Gasteiger partial charge in [-0.2, -0.15) is 0 Å². The van der Waals surface area contributed by atoms with Crippen molar-refractivity contribution in [2.45, 2.75) is 39.5 Å². The fourth-order valence-corrected chi connectivity index (χ4v) is 2.22. The van der Waals surface area contributed by atoms with Gasteiger partial charge in [-0.3, -0.25) is 9.59 Å². The SMILES string of the molecule is CCCc1c(C(=O)NCC(F)(F)CN)[nH]c(C)c1C(C)=O.Cl. The number of amides is 1. The molecule has 0 saturated carbocycles. The summed E-state index contributed by atoms with van der Waals surface area (Å²) in [7, 11) is 0. The van der Waals surface area contributed by atoms with Crippen LogP contribution in [0.15, 0.2) is 0 Å². The van der Waals surface area contributed by atoms with Crippen LogP contribution >= 0.6 is 12.4 Å². The van der Waals surface area contributed by atoms with Gasteiger partial charge in [0.05, 0.1) is 13.1 Å². The second kappa shape index (κ2) is 8.24. The molecule has 0 atom stereocenters. The Kier molecular flexibility index (Phi) is 7.69. The van der Waals surface area contributed by atoms with E-state index < -0.39 is 24.9 Å². The molecule has 0 fully saturated rings. The third kappa shape index (κ3) is 4.78. The van der Waals surface area contributed by atoms with Crippen LogP contribution in [-0.2, 0) is 6.42 Å². The van der Waals surface area contributed by atoms with Crippen LogP contribution in [0.2, 0.25) is 0 Å². The fourth-order valence-electron chi connectivity index (χ4n) is 2.22. The Morgan fingerprint density at radius 1 is 1.36 bits per heavy atom. The maximum absolute atomic E-state index is 13.1. The van der Waals surface area contributed by atoms with Crippen LogP contribution in [0.3, 0.4) is 0 Å². The number of aromatic amines is 1. The molecule has 0 spiro atoms. The number of hydrogen-bond donors (Lipinski definition) is 3. The third-order valence-corrected chi connectivity index (χ3v) is 3.18. The van der Waals surface area contributed by atoms with Crippen LogP contribution in [-0.4, -0.2) is 35.7 Å². The second-order valence-electron chi connectivity index (χ2n) is 5.03. The molecule has 0 aliphatic carbocycles. The lowest BCUT2D eigenvalue weighted by molar-refractivity contribution is 0.0118. The topological polar surface area (TPSA) is 88.0 Å². The number of aromatic nitrogens is 1. The van der Waals surface area contributed by atoms with Crippen molar-refractivity contribution in [2.24, 2.45) is 5.73 Å². The number of hydrogen-bond acceptors (Lipinski definition) is 3. The molecule has 0 radical (unpaired) electrons. The largest absolute Gasteiger partial charge is 0.354 e. The molecule has 0 aliphatic rings. The molecule has 22 heavy (non-hydrogen) atoms. The summed E-state index contributed by atoms with van der Waals surface area (Å²) in [5.41, 5.74) is 6.71. The quantitative estimate of drug-likeness (QED) is 0.667. The number of rotatable bonds is 7. The summed E-state index contributed by atoms with van der Waals surface area (Å²) in [6.07, 6.45) is 1.26. The van der Waals surface area contributed by atoms with Crippen molar-refractivity contribution in [3.63, 3.8) is 0 Å². The number of alkyl halides is 2. The molecule has 126 valence electrons. The Morgan fingerprint density at radius 2 is 1.95 bits per heavy atom. The molecule has 1 rings (SSSR count). The third-order valence-electron chi connectivity index (χ3n) is 3.18. The summed E-state index contributed by atoms with van der Waals surface area (Å²) < 4.78 is 26.2. The molecule has 1 aromatic rings. The molecular weight excluding hydrogens is 316 g/mol. The predicted octanol–water partition coefficient (Wildman–Crippen LogP) is 2.22. The maximum Gasteiger partial charge on any atom is 0.277 e. The zero-order valence-corrected chi connectivity index (χ0v) is 13.7. The first-order valence-corrected chi connectivity index (χ1v) is 6.82. The number of nitrogens with two attached hydrogens (primary N) is 1. The van der Waals surface area contributed by atoms with Gasteiger partial charge in [-0.05, 0) is 25.8 Å². The van der Waals surface area contributed by atoms with E-state index in [4.69, 9.17) is 5.73 Å². The molecule has 0 aromatic carbocycles. The molecule has 8 heteroatoms. The van der Waals surface area contributed by atoms with E-state index in [0.717, 1.165) is 6.42 Å². The van der Waals surface area contributed by atoms with Gasteiger partial charge >= 0.3 is 0 Å². The normalized spacial score (nSPS) is 11.0. The highest BCUT2D eigenvalue weighted by Gasteiger charge is 2.29. The standard InChI is InChI=1S/C14H21F2N3O2.ClH/c1-4-5-10-11(9(3)20)8(2)19-12(10)13(21)18-7-14(15,16)6-17;/h19H,4-7,17H2,1-3H3,(H,18,21);1H. The van der Waals surface area contributed by atoms with Crippen molar-refractivity contribution in [3.05, 3.63) is 22.5 Å². The van der Waals surface area contributed by atoms with Crippen molar-refractivity contribution in [3.8, 4) is 0 Å². The molecule has 1 aromatic heterocycles. The first-order valence-electron chi connectivity index (χ1n) is 6.82. The Bertz CT molecular complexity index is 544. The average molecular weight is 338 g/mol. The number of nitrogens with one attached hydrogen (secondary N) is 2. The predicted molar refractivity (Wildman–Crippen MR) is 83.1 cm³/mol. The first-order chi connectivity index (χ1) is 9.73. The number of Topliss-reactive ketones (excluding diaryl/α,β-unsaturated/α-hetero) is 1. The number of ketones is 1. The van der Waals surface area contributed by atoms with E-state index in [1.54, 1.807) is 6.92 Å². The van der Waals surface area contributed by atoms with Crippen molar-refractivity contribution >= 4 is 24.1 Å². The van der Waals surface area contributed by atoms with Crippen LogP contribution in [0, 0.1) is 6.92 Å². The average Bonchev–Trinajstić information content (AvgIpc) is 2.73. The second-order valence-corrected chi connectivity index (χ2v) is 5.03. The van der Waals surface area contributed by atoms with Gasteiger partial charge in [-0.15, -0.1) is 12.4 Å². The maximum atomic E-state index is 13.1. The number of halogens is 3. The number of H-pyrrole nitrogens is 1. The zero-order chi connectivity index (χ0) is 16.2. The zero-order valence-electron chi connectivity index (χ0n) is 12.9. The van der Waals surface area contributed by atoms with Crippen LogP contribution in [0.25, 0.3) is 0 Å². The Balaban J connectivity index is 0.00000441. The monoisotopic (exact) mass is 337 g/mol. The fraction of sp³-hybridized carbons (Fsp3) is 0.571. The highest BCUT2D eigenvalue weighted by molar-refractivity contribution is 6.02. The van der Waals surface area contributed by atoms with E-state index in [2.05, 4.69) is 10.3 Å². The van der Waals surface area contributed by atoms with Crippen LogP contribution in [0.1, 0.15) is 52.4 Å². The summed E-state index contributed by atoms with van der Waals surface area (Å²) >= 11 is 0. The molecule has 0 bridgehead atoms. The number of aryl methyl sites for hydroxylation is 1. The molecular formula is C14H22ClF2N3O2. The van der Waals surface area contributed by atoms with Crippen molar-refractivity contribution in [1.82, 2.24) is 10.3 Å². The van der Waals surface area contributed by atoms with Crippen LogP contribution < -0.4 is 11.1 Å². The molecule has 0 aliphatic heterocycles. The molecule has 4 N–H and O–H groups in total. The highest BCUT2D eigenvalue weighted by atomic mass is 35.5. The van der Waals surface area contributed by atoms with E-state index in [0.29, 0.717) is 23.2 Å². The van der Waals surface area contributed by atoms with E-state index in [9.17, 15) is 18.4 Å². The Labute approximate surface area is 134 Å². The smallest absolute Gasteiger partial charge is 0.277 e. The van der Waals surface area contributed by atoms with Gasteiger partial charge in [0, 0.05) is 11.3 Å². The van der Waals surface area contributed by atoms with Gasteiger partial charge in [0.1, 0.15) is 5.69 Å². The summed E-state index contributed by atoms with van der Waals surface area (Å²) in [5, 5.41) is 2.16. The highest BCUT2D eigenvalue weighted by Crippen LogP contribution is 2.21. The van der Waals surface area contributed by atoms with E-state index >= 15 is 0 Å². The van der Waals surface area contributed by atoms with Gasteiger partial charge < -0.3 is 16.0 Å². The Morgan fingerprint density at radius 3 is 2.41 bits per heavy atom. The van der Waals surface area contributed by atoms with E-state index in [-0.39, 0.29) is 23.9 Å². The lowest BCUT2D eigenvalue weighted by atomic mass is 10.0. The van der Waals surface area contributed by atoms with Crippen LogP contribution in [0.4, 0.5) is 8.78 Å². The van der Waals surface area contributed by atoms with E-state index in [1.165, 1.54) is 6.92 Å². The van der Waals surface area contributed by atoms with Gasteiger partial charge in [0.2, 0.25) is 0 Å². The molecule has 0 saturated heterocycles. The summed E-state index contributed by atoms with van der Waals surface area (Å²) in [5.74, 6) is -3.95. The van der Waals surface area contributed by atoms with Gasteiger partial charge in [-0.1, -0.05) is 13.3 Å². The lowest BCUT2D eigenvalue weighted by Gasteiger charge is -2.14. The van der Waals surface area contributed by atoms with E-state index in [1.807, 2.05) is 6.92 Å². The molecule has 1 amide bonds. The molecule has 1 heterocycles. The summed E-state index contributed by atoms with van der Waals surface area (Å²) in [6.45, 7) is 3.34. The minimum Gasteiger partial charge on any atom is -0.354 e. The summed E-state index contributed by atoms with van der Waals surface area (Å²) in [4.78, 5) is 26.6. The van der Waals surface area contributed by atoms with Gasteiger partial charge in [0.25, 0.3) is 11.8 Å². The van der Waals surface area contributed by atoms with Crippen molar-refractivity contribution in [2.75, 3.05) is 13.1 Å². The minimum atomic E-state index is -3.15. The first kappa shape index (κ1) is 20.5. The molecule has 0 unspecified atom stereocenters. The van der Waals surface area contributed by atoms with Gasteiger partial charge in [-0.25, -0.2) is 8.78 Å². The van der Waals surface area contributed by atoms with Crippen molar-refractivity contribution < 1.29 is 18.4 Å². The van der Waals surface area contributed by atoms with Crippen LogP contribution in [0.5, 0.6) is 0 Å². The van der Waals surface area contributed by atoms with Crippen molar-refractivity contribution in [1.29, 1.82) is 0 Å². The lowest BCUT2D eigenvalue weighted by Crippen LogP contribution is -2.41. The summed E-state index contributed by atoms with van der Waals surface area (Å²) in [6, 6.07) is 0. The minimum absolute atomic E-state index is 0. The van der Waals surface area contributed by atoms with Gasteiger partial charge in [0.15, 0.2) is 5.78 Å². The number of carbonyl (C=O) groups excluding carboxylic acids is 2. The number of carbonyl (C=O) groups is 2. The molecule has 5 nitrogen and oxygen atoms in total.